The summed E-state index contributed by atoms with van der Waals surface area (Å²) in [5.74, 6) is 1.48. The Labute approximate surface area is 159 Å². The van der Waals surface area contributed by atoms with Gasteiger partial charge in [0.05, 0.1) is 31.6 Å². The van der Waals surface area contributed by atoms with Crippen molar-refractivity contribution in [3.8, 4) is 5.88 Å². The van der Waals surface area contributed by atoms with Crippen LogP contribution in [0.4, 0.5) is 17.5 Å². The van der Waals surface area contributed by atoms with Gasteiger partial charge in [0.25, 0.3) is 0 Å². The fourth-order valence-corrected chi connectivity index (χ4v) is 3.01. The van der Waals surface area contributed by atoms with Gasteiger partial charge in [-0.05, 0) is 35.6 Å². The van der Waals surface area contributed by atoms with E-state index < -0.39 is 0 Å². The van der Waals surface area contributed by atoms with E-state index in [0.717, 1.165) is 27.9 Å². The van der Waals surface area contributed by atoms with Crippen LogP contribution in [-0.2, 0) is 4.74 Å². The van der Waals surface area contributed by atoms with Crippen molar-refractivity contribution in [3.63, 3.8) is 0 Å². The topological polar surface area (TPSA) is 98.8 Å². The maximum atomic E-state index is 6.13. The van der Waals surface area contributed by atoms with Crippen molar-refractivity contribution in [3.05, 3.63) is 27.1 Å². The van der Waals surface area contributed by atoms with Crippen molar-refractivity contribution in [2.75, 3.05) is 44.0 Å². The minimum atomic E-state index is 0.350. The highest BCUT2D eigenvalue weighted by atomic mass is 127. The van der Waals surface area contributed by atoms with Crippen LogP contribution in [0.15, 0.2) is 17.3 Å². The Balaban J connectivity index is 1.91. The highest BCUT2D eigenvalue weighted by molar-refractivity contribution is 14.1. The van der Waals surface area contributed by atoms with Crippen LogP contribution in [0.5, 0.6) is 5.88 Å². The van der Waals surface area contributed by atoms with E-state index in [4.69, 9.17) is 15.2 Å². The molecule has 1 aliphatic heterocycles. The molecule has 0 bridgehead atoms. The van der Waals surface area contributed by atoms with Crippen molar-refractivity contribution in [1.82, 2.24) is 15.0 Å². The predicted molar refractivity (Wildman–Crippen MR) is 105 cm³/mol. The number of pyridine rings is 1. The fourth-order valence-electron chi connectivity index (χ4n) is 2.48. The van der Waals surface area contributed by atoms with E-state index in [0.29, 0.717) is 36.5 Å². The van der Waals surface area contributed by atoms with Crippen LogP contribution in [0.1, 0.15) is 11.3 Å². The number of rotatable bonds is 4. The van der Waals surface area contributed by atoms with Crippen LogP contribution in [0.3, 0.4) is 0 Å². The molecular weight excluding hydrogens is 435 g/mol. The van der Waals surface area contributed by atoms with Crippen molar-refractivity contribution >= 4 is 46.3 Å². The normalized spacial score (nSPS) is 14.9. The Hall–Kier alpha value is -2.01. The van der Waals surface area contributed by atoms with Crippen molar-refractivity contribution in [1.29, 1.82) is 0 Å². The van der Waals surface area contributed by atoms with Gasteiger partial charge in [0.15, 0.2) is 5.82 Å². The zero-order chi connectivity index (χ0) is 17.8. The van der Waals surface area contributed by atoms with Gasteiger partial charge in [-0.2, -0.15) is 4.98 Å². The number of anilines is 2. The van der Waals surface area contributed by atoms with E-state index in [-0.39, 0.29) is 0 Å². The van der Waals surface area contributed by atoms with E-state index in [2.05, 4.69) is 47.4 Å². The van der Waals surface area contributed by atoms with Crippen molar-refractivity contribution < 1.29 is 9.47 Å². The quantitative estimate of drug-likeness (QED) is 0.557. The zero-order valence-corrected chi connectivity index (χ0v) is 16.2. The van der Waals surface area contributed by atoms with Gasteiger partial charge in [0.2, 0.25) is 11.8 Å². The monoisotopic (exact) mass is 454 g/mol. The summed E-state index contributed by atoms with van der Waals surface area (Å²) in [7, 11) is 1.58. The number of halogens is 1. The average Bonchev–Trinajstić information content (AvgIpc) is 2.62. The SMILES string of the molecule is COc1nccc(I)c1C=Nc1c(C)nc(N2CCOCC2)nc1N. The number of aromatic nitrogens is 3. The number of nitrogens with zero attached hydrogens (tertiary/aromatic N) is 5. The molecule has 2 aromatic rings. The van der Waals surface area contributed by atoms with E-state index in [1.54, 1.807) is 19.5 Å². The van der Waals surface area contributed by atoms with Gasteiger partial charge >= 0.3 is 0 Å². The second-order valence-electron chi connectivity index (χ2n) is 5.42. The van der Waals surface area contributed by atoms with E-state index in [1.165, 1.54) is 0 Å². The summed E-state index contributed by atoms with van der Waals surface area (Å²) in [5, 5.41) is 0. The summed E-state index contributed by atoms with van der Waals surface area (Å²) in [6.45, 7) is 4.72. The molecule has 1 fully saturated rings. The van der Waals surface area contributed by atoms with Gasteiger partial charge in [0, 0.05) is 29.1 Å². The highest BCUT2D eigenvalue weighted by Crippen LogP contribution is 2.27. The van der Waals surface area contributed by atoms with Gasteiger partial charge in [-0.3, -0.25) is 4.99 Å². The van der Waals surface area contributed by atoms with Crippen LogP contribution in [-0.4, -0.2) is 54.6 Å². The van der Waals surface area contributed by atoms with Crippen LogP contribution in [0.25, 0.3) is 0 Å². The summed E-state index contributed by atoms with van der Waals surface area (Å²) in [5.41, 5.74) is 8.20. The molecule has 25 heavy (non-hydrogen) atoms. The molecule has 132 valence electrons. The van der Waals surface area contributed by atoms with Gasteiger partial charge in [0.1, 0.15) is 5.69 Å². The third-order valence-electron chi connectivity index (χ3n) is 3.78. The molecule has 0 radical (unpaired) electrons. The maximum absolute atomic E-state index is 6.13. The molecule has 0 atom stereocenters. The molecule has 0 unspecified atom stereocenters. The molecule has 8 nitrogen and oxygen atoms in total. The lowest BCUT2D eigenvalue weighted by Crippen LogP contribution is -2.37. The van der Waals surface area contributed by atoms with Crippen LogP contribution in [0, 0.1) is 10.5 Å². The molecular formula is C16H19IN6O2. The summed E-state index contributed by atoms with van der Waals surface area (Å²) in [6.07, 6.45) is 3.38. The van der Waals surface area contributed by atoms with Gasteiger partial charge < -0.3 is 20.1 Å². The second-order valence-corrected chi connectivity index (χ2v) is 6.58. The molecule has 0 aromatic carbocycles. The molecule has 0 amide bonds. The van der Waals surface area contributed by atoms with E-state index in [1.807, 2.05) is 13.0 Å². The summed E-state index contributed by atoms with van der Waals surface area (Å²) in [4.78, 5) is 19.7. The predicted octanol–water partition coefficient (Wildman–Crippen LogP) is 1.96. The first-order chi connectivity index (χ1) is 12.1. The number of nitrogen functional groups attached to an aromatic ring is 1. The lowest BCUT2D eigenvalue weighted by atomic mass is 10.3. The Bertz CT molecular complexity index is 769. The largest absolute Gasteiger partial charge is 0.480 e. The summed E-state index contributed by atoms with van der Waals surface area (Å²) in [6, 6.07) is 1.89. The van der Waals surface area contributed by atoms with Crippen LogP contribution >= 0.6 is 22.6 Å². The second kappa shape index (κ2) is 7.91. The van der Waals surface area contributed by atoms with Gasteiger partial charge in [-0.1, -0.05) is 0 Å². The zero-order valence-electron chi connectivity index (χ0n) is 14.1. The summed E-state index contributed by atoms with van der Waals surface area (Å²) >= 11 is 2.21. The Morgan fingerprint density at radius 3 is 2.80 bits per heavy atom. The minimum absolute atomic E-state index is 0.350. The Morgan fingerprint density at radius 2 is 2.12 bits per heavy atom. The lowest BCUT2D eigenvalue weighted by Gasteiger charge is -2.27. The Kier molecular flexibility index (Phi) is 5.63. The number of hydrogen-bond donors (Lipinski definition) is 1. The van der Waals surface area contributed by atoms with Crippen molar-refractivity contribution in [2.45, 2.75) is 6.92 Å². The molecule has 0 saturated carbocycles. The Morgan fingerprint density at radius 1 is 1.36 bits per heavy atom. The molecule has 2 aromatic heterocycles. The first-order valence-corrected chi connectivity index (χ1v) is 8.87. The summed E-state index contributed by atoms with van der Waals surface area (Å²) < 4.78 is 11.6. The number of methoxy groups -OCH3 is 1. The number of hydrogen-bond acceptors (Lipinski definition) is 8. The van der Waals surface area contributed by atoms with E-state index >= 15 is 0 Å². The molecule has 3 rings (SSSR count). The van der Waals surface area contributed by atoms with Crippen molar-refractivity contribution in [2.24, 2.45) is 4.99 Å². The third-order valence-corrected chi connectivity index (χ3v) is 4.72. The number of aryl methyl sites for hydroxylation is 1. The first-order valence-electron chi connectivity index (χ1n) is 7.79. The number of aliphatic imine (C=N–C) groups is 1. The fraction of sp³-hybridized carbons (Fsp3) is 0.375. The maximum Gasteiger partial charge on any atom is 0.227 e. The van der Waals surface area contributed by atoms with Gasteiger partial charge in [-0.15, -0.1) is 0 Å². The van der Waals surface area contributed by atoms with Gasteiger partial charge in [-0.25, -0.2) is 9.97 Å². The molecule has 1 saturated heterocycles. The minimum Gasteiger partial charge on any atom is -0.480 e. The smallest absolute Gasteiger partial charge is 0.227 e. The number of ether oxygens (including phenoxy) is 2. The lowest BCUT2D eigenvalue weighted by molar-refractivity contribution is 0.122. The molecule has 9 heteroatoms. The average molecular weight is 454 g/mol. The molecule has 3 heterocycles. The highest BCUT2D eigenvalue weighted by Gasteiger charge is 2.17. The first kappa shape index (κ1) is 17.8. The number of nitrogens with two attached hydrogens (primary N) is 1. The third kappa shape index (κ3) is 3.98. The van der Waals surface area contributed by atoms with Crippen LogP contribution < -0.4 is 15.4 Å². The molecule has 2 N–H and O–H groups in total. The molecule has 1 aliphatic rings. The van der Waals surface area contributed by atoms with Crippen LogP contribution in [0.2, 0.25) is 0 Å². The van der Waals surface area contributed by atoms with E-state index in [9.17, 15) is 0 Å². The number of morpholine rings is 1. The molecule has 0 aliphatic carbocycles. The molecule has 0 spiro atoms. The standard InChI is InChI=1S/C16H19IN6O2/c1-10-13(20-9-11-12(17)3-4-19-15(11)24-2)14(18)22-16(21-10)23-5-7-25-8-6-23/h3-4,9H,5-8H2,1-2H3,(H2,18,21,22).